The van der Waals surface area contributed by atoms with Crippen molar-refractivity contribution in [3.05, 3.63) is 93.8 Å². The molecule has 0 aliphatic carbocycles. The number of hydrogen-bond donors (Lipinski definition) is 1. The van der Waals surface area contributed by atoms with Crippen LogP contribution in [0, 0.1) is 13.8 Å². The molecule has 0 saturated carbocycles. The zero-order chi connectivity index (χ0) is 23.7. The number of amides is 1. The minimum Gasteiger partial charge on any atom is -0.507 e. The van der Waals surface area contributed by atoms with Crippen molar-refractivity contribution < 1.29 is 19.4 Å². The second-order valence-electron chi connectivity index (χ2n) is 7.72. The molecule has 2 aromatic carbocycles. The average Bonchev–Trinajstić information content (AvgIpc) is 3.08. The number of hydrogen-bond acceptors (Lipinski definition) is 5. The van der Waals surface area contributed by atoms with Gasteiger partial charge < -0.3 is 9.84 Å². The monoisotopic (exact) mass is 462 g/mol. The summed E-state index contributed by atoms with van der Waals surface area (Å²) in [5, 5.41) is 11.6. The van der Waals surface area contributed by atoms with Gasteiger partial charge >= 0.3 is 0 Å². The molecule has 1 saturated heterocycles. The Bertz CT molecular complexity index is 1270. The van der Waals surface area contributed by atoms with Gasteiger partial charge in [0, 0.05) is 17.4 Å². The molecule has 1 unspecified atom stereocenters. The molecule has 1 aromatic heterocycles. The van der Waals surface area contributed by atoms with E-state index in [1.807, 2.05) is 32.9 Å². The molecule has 0 radical (unpaired) electrons. The van der Waals surface area contributed by atoms with Gasteiger partial charge in [-0.15, -0.1) is 0 Å². The maximum absolute atomic E-state index is 13.3. The van der Waals surface area contributed by atoms with Crippen molar-refractivity contribution >= 4 is 34.7 Å². The first-order valence-corrected chi connectivity index (χ1v) is 10.9. The molecule has 1 amide bonds. The van der Waals surface area contributed by atoms with Crippen LogP contribution in [0.5, 0.6) is 5.75 Å². The van der Waals surface area contributed by atoms with Crippen molar-refractivity contribution in [1.29, 1.82) is 0 Å². The van der Waals surface area contributed by atoms with Gasteiger partial charge in [-0.2, -0.15) is 0 Å². The van der Waals surface area contributed by atoms with Crippen LogP contribution in [0.3, 0.4) is 0 Å². The van der Waals surface area contributed by atoms with Crippen LogP contribution in [-0.2, 0) is 9.59 Å². The summed E-state index contributed by atoms with van der Waals surface area (Å²) >= 11 is 6.19. The highest BCUT2D eigenvalue weighted by Crippen LogP contribution is 2.43. The third-order valence-corrected chi connectivity index (χ3v) is 6.06. The van der Waals surface area contributed by atoms with Crippen LogP contribution in [0.1, 0.15) is 35.3 Å². The van der Waals surface area contributed by atoms with Crippen molar-refractivity contribution in [2.45, 2.75) is 26.8 Å². The summed E-state index contributed by atoms with van der Waals surface area (Å²) in [5.74, 6) is -1.44. The Kier molecular flexibility index (Phi) is 6.20. The fourth-order valence-electron chi connectivity index (χ4n) is 3.97. The molecule has 1 N–H and O–H groups in total. The van der Waals surface area contributed by atoms with E-state index < -0.39 is 17.7 Å². The molecular formula is C26H23ClN2O4. The van der Waals surface area contributed by atoms with E-state index in [9.17, 15) is 14.7 Å². The van der Waals surface area contributed by atoms with Gasteiger partial charge in [-0.05, 0) is 68.3 Å². The average molecular weight is 463 g/mol. The van der Waals surface area contributed by atoms with Gasteiger partial charge in [0.15, 0.2) is 0 Å². The van der Waals surface area contributed by atoms with E-state index in [0.29, 0.717) is 34.3 Å². The molecule has 1 aliphatic rings. The van der Waals surface area contributed by atoms with Gasteiger partial charge in [0.2, 0.25) is 0 Å². The summed E-state index contributed by atoms with van der Waals surface area (Å²) in [7, 11) is 0. The largest absolute Gasteiger partial charge is 0.507 e. The number of carbonyl (C=O) groups is 2. The first-order valence-electron chi connectivity index (χ1n) is 10.6. The summed E-state index contributed by atoms with van der Waals surface area (Å²) in [6.07, 6.45) is 1.59. The number of carbonyl (C=O) groups excluding carboxylic acids is 2. The lowest BCUT2D eigenvalue weighted by molar-refractivity contribution is -0.132. The number of benzene rings is 2. The van der Waals surface area contributed by atoms with Crippen molar-refractivity contribution in [2.75, 3.05) is 11.5 Å². The number of aliphatic hydroxyl groups excluding tert-OH is 1. The number of nitrogens with zero attached hydrogens (tertiary/aromatic N) is 2. The molecule has 33 heavy (non-hydrogen) atoms. The van der Waals surface area contributed by atoms with E-state index in [-0.39, 0.29) is 11.3 Å². The van der Waals surface area contributed by atoms with Crippen LogP contribution in [0.2, 0.25) is 5.02 Å². The molecule has 7 heteroatoms. The minimum atomic E-state index is -0.891. The summed E-state index contributed by atoms with van der Waals surface area (Å²) in [6.45, 7) is 6.04. The molecule has 0 spiro atoms. The number of halogens is 1. The Morgan fingerprint density at radius 1 is 1.12 bits per heavy atom. The Morgan fingerprint density at radius 2 is 1.91 bits per heavy atom. The Balaban J connectivity index is 1.95. The number of ketones is 1. The van der Waals surface area contributed by atoms with Gasteiger partial charge in [-0.1, -0.05) is 29.8 Å². The number of ether oxygens (including phenoxy) is 1. The predicted octanol–water partition coefficient (Wildman–Crippen LogP) is 5.38. The van der Waals surface area contributed by atoms with E-state index in [1.54, 1.807) is 48.7 Å². The van der Waals surface area contributed by atoms with Gasteiger partial charge in [-0.3, -0.25) is 19.5 Å². The zero-order valence-corrected chi connectivity index (χ0v) is 19.3. The van der Waals surface area contributed by atoms with E-state index in [0.717, 1.165) is 11.1 Å². The molecule has 1 aliphatic heterocycles. The van der Waals surface area contributed by atoms with Crippen LogP contribution in [0.4, 0.5) is 5.69 Å². The quantitative estimate of drug-likeness (QED) is 0.313. The summed E-state index contributed by atoms with van der Waals surface area (Å²) in [4.78, 5) is 32.4. The first-order chi connectivity index (χ1) is 15.8. The molecule has 1 atom stereocenters. The molecule has 2 heterocycles. The highest BCUT2D eigenvalue weighted by atomic mass is 35.5. The van der Waals surface area contributed by atoms with E-state index in [4.69, 9.17) is 16.3 Å². The summed E-state index contributed by atoms with van der Waals surface area (Å²) in [5.41, 5.74) is 3.20. The number of aliphatic hydroxyl groups is 1. The Labute approximate surface area is 197 Å². The number of aromatic nitrogens is 1. The third kappa shape index (κ3) is 3.98. The molecule has 168 valence electrons. The minimum absolute atomic E-state index is 0.0376. The first kappa shape index (κ1) is 22.6. The Hall–Kier alpha value is -3.64. The molecule has 4 rings (SSSR count). The SMILES string of the molecule is CCOc1cc(/C(O)=C2\C(=O)C(=O)N(c3cccc(C)c3C)C2c2ccccn2)ccc1Cl. The molecule has 1 fully saturated rings. The lowest BCUT2D eigenvalue weighted by Crippen LogP contribution is -2.30. The highest BCUT2D eigenvalue weighted by molar-refractivity contribution is 6.51. The van der Waals surface area contributed by atoms with Gasteiger partial charge in [0.25, 0.3) is 11.7 Å². The fraction of sp³-hybridized carbons (Fsp3) is 0.192. The Morgan fingerprint density at radius 3 is 2.61 bits per heavy atom. The molecule has 6 nitrogen and oxygen atoms in total. The predicted molar refractivity (Wildman–Crippen MR) is 128 cm³/mol. The third-order valence-electron chi connectivity index (χ3n) is 5.75. The van der Waals surface area contributed by atoms with Crippen LogP contribution in [-0.4, -0.2) is 28.4 Å². The number of pyridine rings is 1. The van der Waals surface area contributed by atoms with Gasteiger partial charge in [0.1, 0.15) is 17.6 Å². The molecule has 3 aromatic rings. The van der Waals surface area contributed by atoms with E-state index >= 15 is 0 Å². The summed E-state index contributed by atoms with van der Waals surface area (Å²) in [6, 6.07) is 14.7. The smallest absolute Gasteiger partial charge is 0.300 e. The standard InChI is InChI=1S/C26H23ClN2O4/c1-4-33-21-14-17(11-12-18(21)27)24(30)22-23(19-9-5-6-13-28-19)29(26(32)25(22)31)20-10-7-8-15(2)16(20)3/h5-14,23,30H,4H2,1-3H3/b24-22+. The highest BCUT2D eigenvalue weighted by Gasteiger charge is 2.48. The normalized spacial score (nSPS) is 17.5. The lowest BCUT2D eigenvalue weighted by atomic mass is 9.97. The maximum Gasteiger partial charge on any atom is 0.300 e. The maximum atomic E-state index is 13.3. The van der Waals surface area contributed by atoms with Crippen molar-refractivity contribution in [1.82, 2.24) is 4.98 Å². The van der Waals surface area contributed by atoms with Crippen LogP contribution in [0.25, 0.3) is 5.76 Å². The van der Waals surface area contributed by atoms with Crippen LogP contribution < -0.4 is 9.64 Å². The molecular weight excluding hydrogens is 440 g/mol. The second kappa shape index (κ2) is 9.08. The van der Waals surface area contributed by atoms with Crippen LogP contribution in [0.15, 0.2) is 66.4 Å². The number of anilines is 1. The van der Waals surface area contributed by atoms with Crippen molar-refractivity contribution in [3.8, 4) is 5.75 Å². The van der Waals surface area contributed by atoms with Gasteiger partial charge in [-0.25, -0.2) is 0 Å². The molecule has 0 bridgehead atoms. The summed E-state index contributed by atoms with van der Waals surface area (Å²) < 4.78 is 5.53. The number of aryl methyl sites for hydroxylation is 1. The lowest BCUT2D eigenvalue weighted by Gasteiger charge is -2.26. The van der Waals surface area contributed by atoms with E-state index in [2.05, 4.69) is 4.98 Å². The number of rotatable bonds is 5. The zero-order valence-electron chi connectivity index (χ0n) is 18.5. The number of Topliss-reactive ketones (excluding diaryl/α,β-unsaturated/α-hetero) is 1. The van der Waals surface area contributed by atoms with Crippen LogP contribution >= 0.6 is 11.6 Å². The van der Waals surface area contributed by atoms with Gasteiger partial charge in [0.05, 0.1) is 22.9 Å². The topological polar surface area (TPSA) is 79.7 Å². The van der Waals surface area contributed by atoms with Crippen molar-refractivity contribution in [3.63, 3.8) is 0 Å². The van der Waals surface area contributed by atoms with E-state index in [1.165, 1.54) is 4.90 Å². The van der Waals surface area contributed by atoms with Crippen molar-refractivity contribution in [2.24, 2.45) is 0 Å². The fourth-order valence-corrected chi connectivity index (χ4v) is 4.14. The second-order valence-corrected chi connectivity index (χ2v) is 8.13.